The fraction of sp³-hybridized carbons (Fsp3) is 0.0500. The molecule has 0 aliphatic rings. The van der Waals surface area contributed by atoms with Crippen LogP contribution in [0.2, 0.25) is 0 Å². The minimum Gasteiger partial charge on any atom is -0.467 e. The molecule has 0 saturated heterocycles. The summed E-state index contributed by atoms with van der Waals surface area (Å²) in [6.07, 6.45) is 3.13. The van der Waals surface area contributed by atoms with Gasteiger partial charge in [-0.25, -0.2) is 14.6 Å². The highest BCUT2D eigenvalue weighted by molar-refractivity contribution is 5.81. The zero-order valence-electron chi connectivity index (χ0n) is 14.6. The van der Waals surface area contributed by atoms with E-state index in [2.05, 4.69) is 25.3 Å². The van der Waals surface area contributed by atoms with Gasteiger partial charge in [0.05, 0.1) is 11.9 Å². The fourth-order valence-electron chi connectivity index (χ4n) is 2.84. The summed E-state index contributed by atoms with van der Waals surface area (Å²) >= 11 is 0. The molecule has 0 N–H and O–H groups in total. The predicted molar refractivity (Wildman–Crippen MR) is 101 cm³/mol. The van der Waals surface area contributed by atoms with Crippen molar-refractivity contribution in [1.82, 2.24) is 29.9 Å². The van der Waals surface area contributed by atoms with Gasteiger partial charge in [-0.1, -0.05) is 36.4 Å². The van der Waals surface area contributed by atoms with Crippen molar-refractivity contribution in [2.75, 3.05) is 0 Å². The van der Waals surface area contributed by atoms with Gasteiger partial charge in [0.25, 0.3) is 5.89 Å². The Morgan fingerprint density at radius 1 is 0.893 bits per heavy atom. The van der Waals surface area contributed by atoms with Crippen LogP contribution in [0.4, 0.5) is 0 Å². The zero-order valence-corrected chi connectivity index (χ0v) is 14.6. The van der Waals surface area contributed by atoms with E-state index in [1.165, 1.54) is 6.33 Å². The lowest BCUT2D eigenvalue weighted by atomic mass is 10.2. The smallest absolute Gasteiger partial charge is 0.254 e. The first-order valence-corrected chi connectivity index (χ1v) is 8.63. The molecule has 0 aliphatic heterocycles. The minimum atomic E-state index is 0.0997. The third-order valence-electron chi connectivity index (χ3n) is 4.15. The molecule has 0 saturated carbocycles. The molecule has 5 rings (SSSR count). The third kappa shape index (κ3) is 2.96. The molecule has 8 nitrogen and oxygen atoms in total. The monoisotopic (exact) mass is 370 g/mol. The number of benzene rings is 2. The molecule has 0 radical (unpaired) electrons. The second-order valence-electron chi connectivity index (χ2n) is 5.96. The van der Waals surface area contributed by atoms with Crippen molar-refractivity contribution in [2.45, 2.75) is 6.61 Å². The molecule has 28 heavy (non-hydrogen) atoms. The molecule has 0 amide bonds. The Hall–Kier alpha value is -4.07. The van der Waals surface area contributed by atoms with Gasteiger partial charge in [0.15, 0.2) is 12.3 Å². The summed E-state index contributed by atoms with van der Waals surface area (Å²) in [5.74, 6) is 1.22. The highest BCUT2D eigenvalue weighted by atomic mass is 16.5. The Bertz CT molecular complexity index is 1220. The maximum absolute atomic E-state index is 5.80. The van der Waals surface area contributed by atoms with E-state index in [-0.39, 0.29) is 6.61 Å². The van der Waals surface area contributed by atoms with Gasteiger partial charge in [-0.2, -0.15) is 5.10 Å². The Kier molecular flexibility index (Phi) is 3.98. The summed E-state index contributed by atoms with van der Waals surface area (Å²) in [5, 5.41) is 13.2. The van der Waals surface area contributed by atoms with E-state index in [1.54, 1.807) is 10.9 Å². The molecule has 0 atom stereocenters. The highest BCUT2D eigenvalue weighted by Crippen LogP contribution is 2.24. The summed E-state index contributed by atoms with van der Waals surface area (Å²) < 4.78 is 13.2. The Morgan fingerprint density at radius 2 is 1.68 bits per heavy atom. The largest absolute Gasteiger partial charge is 0.467 e. The zero-order chi connectivity index (χ0) is 18.8. The lowest BCUT2D eigenvalue weighted by Gasteiger charge is -2.04. The van der Waals surface area contributed by atoms with Crippen LogP contribution in [0, 0.1) is 0 Å². The normalized spacial score (nSPS) is 11.0. The van der Waals surface area contributed by atoms with E-state index in [1.807, 2.05) is 60.7 Å². The van der Waals surface area contributed by atoms with E-state index in [9.17, 15) is 0 Å². The standard InChI is InChI=1S/C20H14N6O2/c1-3-7-14(8-4-1)19-25-24-17(28-19)12-27-20-16-11-23-26(18(16)21-13-22-20)15-9-5-2-6-10-15/h1-11,13H,12H2. The molecule has 3 heterocycles. The number of rotatable bonds is 5. The van der Waals surface area contributed by atoms with Crippen LogP contribution in [0.1, 0.15) is 5.89 Å². The quantitative estimate of drug-likeness (QED) is 0.468. The van der Waals surface area contributed by atoms with Crippen LogP contribution >= 0.6 is 0 Å². The minimum absolute atomic E-state index is 0.0997. The summed E-state index contributed by atoms with van der Waals surface area (Å²) in [7, 11) is 0. The molecule has 2 aromatic carbocycles. The topological polar surface area (TPSA) is 91.8 Å². The van der Waals surface area contributed by atoms with Crippen molar-refractivity contribution < 1.29 is 9.15 Å². The van der Waals surface area contributed by atoms with Crippen molar-refractivity contribution in [3.63, 3.8) is 0 Å². The van der Waals surface area contributed by atoms with Gasteiger partial charge in [-0.15, -0.1) is 10.2 Å². The van der Waals surface area contributed by atoms with Crippen molar-refractivity contribution in [1.29, 1.82) is 0 Å². The van der Waals surface area contributed by atoms with Crippen LogP contribution in [0.3, 0.4) is 0 Å². The lowest BCUT2D eigenvalue weighted by molar-refractivity contribution is 0.258. The second kappa shape index (κ2) is 6.92. The average Bonchev–Trinajstić information content (AvgIpc) is 3.41. The molecule has 136 valence electrons. The van der Waals surface area contributed by atoms with Crippen molar-refractivity contribution in [2.24, 2.45) is 0 Å². The number of ether oxygens (including phenoxy) is 1. The van der Waals surface area contributed by atoms with Crippen LogP contribution in [0.5, 0.6) is 5.88 Å². The maximum Gasteiger partial charge on any atom is 0.254 e. The predicted octanol–water partition coefficient (Wildman–Crippen LogP) is 3.44. The molecular weight excluding hydrogens is 356 g/mol. The second-order valence-corrected chi connectivity index (χ2v) is 5.96. The summed E-state index contributed by atoms with van der Waals surface area (Å²) in [6.45, 7) is 0.0997. The van der Waals surface area contributed by atoms with Crippen molar-refractivity contribution in [3.8, 4) is 23.0 Å². The number of aromatic nitrogens is 6. The molecule has 0 spiro atoms. The molecular formula is C20H14N6O2. The number of fused-ring (bicyclic) bond motifs is 1. The molecule has 0 bridgehead atoms. The number of para-hydroxylation sites is 1. The highest BCUT2D eigenvalue weighted by Gasteiger charge is 2.14. The van der Waals surface area contributed by atoms with Gasteiger partial charge in [0, 0.05) is 5.56 Å². The lowest BCUT2D eigenvalue weighted by Crippen LogP contribution is -2.00. The van der Waals surface area contributed by atoms with E-state index >= 15 is 0 Å². The number of nitrogens with zero attached hydrogens (tertiary/aromatic N) is 6. The van der Waals surface area contributed by atoms with Crippen LogP contribution in [0.25, 0.3) is 28.2 Å². The van der Waals surface area contributed by atoms with Crippen LogP contribution < -0.4 is 4.74 Å². The van der Waals surface area contributed by atoms with E-state index in [4.69, 9.17) is 9.15 Å². The summed E-state index contributed by atoms with van der Waals surface area (Å²) in [4.78, 5) is 8.55. The van der Waals surface area contributed by atoms with Gasteiger partial charge in [-0.05, 0) is 24.3 Å². The molecule has 0 unspecified atom stereocenters. The number of hydrogen-bond acceptors (Lipinski definition) is 7. The van der Waals surface area contributed by atoms with Gasteiger partial charge in [-0.3, -0.25) is 0 Å². The summed E-state index contributed by atoms with van der Waals surface area (Å²) in [6, 6.07) is 19.3. The SMILES string of the molecule is c1ccc(-c2nnc(COc3ncnc4c3cnn4-c3ccccc3)o2)cc1. The van der Waals surface area contributed by atoms with E-state index in [0.717, 1.165) is 11.3 Å². The van der Waals surface area contributed by atoms with Crippen molar-refractivity contribution >= 4 is 11.0 Å². The van der Waals surface area contributed by atoms with Crippen LogP contribution in [-0.2, 0) is 6.61 Å². The first-order valence-electron chi connectivity index (χ1n) is 8.63. The number of hydrogen-bond donors (Lipinski definition) is 0. The average molecular weight is 370 g/mol. The Balaban J connectivity index is 1.39. The Labute approximate surface area is 159 Å². The molecule has 0 aliphatic carbocycles. The molecule has 8 heteroatoms. The summed E-state index contributed by atoms with van der Waals surface area (Å²) in [5.41, 5.74) is 2.42. The van der Waals surface area contributed by atoms with E-state index in [0.29, 0.717) is 28.7 Å². The van der Waals surface area contributed by atoms with Gasteiger partial charge in [0.1, 0.15) is 11.7 Å². The van der Waals surface area contributed by atoms with E-state index < -0.39 is 0 Å². The van der Waals surface area contributed by atoms with Crippen LogP contribution in [0.15, 0.2) is 77.6 Å². The molecule has 5 aromatic rings. The molecule has 3 aromatic heterocycles. The third-order valence-corrected chi connectivity index (χ3v) is 4.15. The van der Waals surface area contributed by atoms with Crippen molar-refractivity contribution in [3.05, 3.63) is 79.1 Å². The first kappa shape index (κ1) is 16.1. The van der Waals surface area contributed by atoms with Crippen LogP contribution in [-0.4, -0.2) is 29.9 Å². The fourth-order valence-corrected chi connectivity index (χ4v) is 2.84. The Morgan fingerprint density at radius 3 is 2.50 bits per heavy atom. The molecule has 0 fully saturated rings. The first-order chi connectivity index (χ1) is 13.9. The van der Waals surface area contributed by atoms with Gasteiger partial charge in [0.2, 0.25) is 11.8 Å². The maximum atomic E-state index is 5.80. The van der Waals surface area contributed by atoms with Gasteiger partial charge < -0.3 is 9.15 Å². The van der Waals surface area contributed by atoms with Gasteiger partial charge >= 0.3 is 0 Å².